The largest absolute Gasteiger partial charge is 0.497 e. The van der Waals surface area contributed by atoms with Gasteiger partial charge in [0.15, 0.2) is 0 Å². The molecule has 2 N–H and O–H groups in total. The van der Waals surface area contributed by atoms with E-state index in [0.717, 1.165) is 36.4 Å². The maximum Gasteiger partial charge on any atom is 0.227 e. The van der Waals surface area contributed by atoms with Gasteiger partial charge in [-0.1, -0.05) is 0 Å². The predicted molar refractivity (Wildman–Crippen MR) is 94.4 cm³/mol. The van der Waals surface area contributed by atoms with Crippen LogP contribution in [0.15, 0.2) is 18.2 Å². The summed E-state index contributed by atoms with van der Waals surface area (Å²) in [6, 6.07) is 5.73. The van der Waals surface area contributed by atoms with Crippen molar-refractivity contribution in [3.05, 3.63) is 23.8 Å². The third-order valence-corrected chi connectivity index (χ3v) is 5.06. The van der Waals surface area contributed by atoms with Crippen molar-refractivity contribution >= 4 is 23.6 Å². The Morgan fingerprint density at radius 3 is 2.79 bits per heavy atom. The van der Waals surface area contributed by atoms with Crippen LogP contribution >= 0.6 is 11.8 Å². The average Bonchev–Trinajstić information content (AvgIpc) is 3.07. The van der Waals surface area contributed by atoms with E-state index in [2.05, 4.69) is 0 Å². The highest BCUT2D eigenvalue weighted by atomic mass is 32.2. The molecule has 1 saturated heterocycles. The van der Waals surface area contributed by atoms with Crippen LogP contribution in [0, 0.1) is 0 Å². The Hall–Kier alpha value is -1.89. The van der Waals surface area contributed by atoms with E-state index in [1.807, 2.05) is 23.1 Å². The molecule has 1 aromatic carbocycles. The summed E-state index contributed by atoms with van der Waals surface area (Å²) in [4.78, 5) is 25.2. The van der Waals surface area contributed by atoms with Gasteiger partial charge in [0.25, 0.3) is 0 Å². The predicted octanol–water partition coefficient (Wildman–Crippen LogP) is 1.98. The lowest BCUT2D eigenvalue weighted by molar-refractivity contribution is -0.131. The normalized spacial score (nSPS) is 16.9. The highest BCUT2D eigenvalue weighted by Gasteiger charge is 2.31. The van der Waals surface area contributed by atoms with Crippen LogP contribution in [-0.4, -0.2) is 49.0 Å². The molecular formula is C17H24N2O4S. The molecule has 132 valence electrons. The molecule has 0 aromatic heterocycles. The number of ether oxygens (including phenoxy) is 2. The third-order valence-electron chi connectivity index (χ3n) is 4.08. The van der Waals surface area contributed by atoms with Crippen LogP contribution in [0.2, 0.25) is 0 Å². The molecule has 1 aliphatic rings. The first-order chi connectivity index (χ1) is 11.6. The van der Waals surface area contributed by atoms with Gasteiger partial charge in [-0.05, 0) is 25.0 Å². The monoisotopic (exact) mass is 352 g/mol. The van der Waals surface area contributed by atoms with Crippen molar-refractivity contribution < 1.29 is 19.1 Å². The van der Waals surface area contributed by atoms with Crippen molar-refractivity contribution in [1.29, 1.82) is 0 Å². The fourth-order valence-corrected chi connectivity index (χ4v) is 3.62. The summed E-state index contributed by atoms with van der Waals surface area (Å²) in [7, 11) is 3.24. The lowest BCUT2D eigenvalue weighted by Gasteiger charge is -2.26. The van der Waals surface area contributed by atoms with E-state index in [9.17, 15) is 9.59 Å². The molecule has 0 saturated carbocycles. The SMILES string of the molecule is COc1ccc(C2CCCN2C(=O)CCSCC(N)=O)c(OC)c1. The zero-order chi connectivity index (χ0) is 17.5. The first kappa shape index (κ1) is 18.4. The van der Waals surface area contributed by atoms with Crippen LogP contribution in [-0.2, 0) is 9.59 Å². The van der Waals surface area contributed by atoms with E-state index in [1.165, 1.54) is 11.8 Å². The smallest absolute Gasteiger partial charge is 0.227 e. The van der Waals surface area contributed by atoms with Crippen LogP contribution in [0.25, 0.3) is 0 Å². The van der Waals surface area contributed by atoms with E-state index in [1.54, 1.807) is 14.2 Å². The molecule has 1 unspecified atom stereocenters. The molecule has 7 heteroatoms. The van der Waals surface area contributed by atoms with Crippen molar-refractivity contribution in [2.75, 3.05) is 32.3 Å². The molecule has 1 heterocycles. The van der Waals surface area contributed by atoms with Crippen LogP contribution in [0.4, 0.5) is 0 Å². The number of benzene rings is 1. The zero-order valence-corrected chi connectivity index (χ0v) is 14.9. The molecular weight excluding hydrogens is 328 g/mol. The Bertz CT molecular complexity index is 594. The first-order valence-corrected chi connectivity index (χ1v) is 9.09. The standard InChI is InChI=1S/C17H24N2O4S/c1-22-12-5-6-13(15(10-12)23-2)14-4-3-8-19(14)17(21)7-9-24-11-16(18)20/h5-6,10,14H,3-4,7-9,11H2,1-2H3,(H2,18,20). The lowest BCUT2D eigenvalue weighted by Crippen LogP contribution is -2.31. The third kappa shape index (κ3) is 4.56. The van der Waals surface area contributed by atoms with Gasteiger partial charge in [-0.15, -0.1) is 0 Å². The van der Waals surface area contributed by atoms with E-state index in [4.69, 9.17) is 15.2 Å². The van der Waals surface area contributed by atoms with Crippen LogP contribution < -0.4 is 15.2 Å². The number of thioether (sulfide) groups is 1. The number of carbonyl (C=O) groups is 2. The second kappa shape index (κ2) is 8.82. The summed E-state index contributed by atoms with van der Waals surface area (Å²) in [6.45, 7) is 0.749. The van der Waals surface area contributed by atoms with Gasteiger partial charge in [0.05, 0.1) is 26.0 Å². The molecule has 0 bridgehead atoms. The number of carbonyl (C=O) groups excluding carboxylic acids is 2. The minimum Gasteiger partial charge on any atom is -0.497 e. The lowest BCUT2D eigenvalue weighted by atomic mass is 10.0. The van der Waals surface area contributed by atoms with Crippen molar-refractivity contribution in [3.63, 3.8) is 0 Å². The fraction of sp³-hybridized carbons (Fsp3) is 0.529. The number of methoxy groups -OCH3 is 2. The van der Waals surface area contributed by atoms with Crippen LogP contribution in [0.3, 0.4) is 0 Å². The Balaban J connectivity index is 2.04. The Labute approximate surface area is 146 Å². The number of rotatable bonds is 8. The van der Waals surface area contributed by atoms with Gasteiger partial charge in [0.1, 0.15) is 11.5 Å². The van der Waals surface area contributed by atoms with E-state index in [-0.39, 0.29) is 23.6 Å². The molecule has 1 atom stereocenters. The fourth-order valence-electron chi connectivity index (χ4n) is 2.96. The highest BCUT2D eigenvalue weighted by molar-refractivity contribution is 7.99. The summed E-state index contributed by atoms with van der Waals surface area (Å²) < 4.78 is 10.7. The Morgan fingerprint density at radius 2 is 2.12 bits per heavy atom. The van der Waals surface area contributed by atoms with Gasteiger partial charge in [-0.25, -0.2) is 0 Å². The van der Waals surface area contributed by atoms with Gasteiger partial charge < -0.3 is 20.1 Å². The minimum absolute atomic E-state index is 0.0273. The Kier molecular flexibility index (Phi) is 6.78. The van der Waals surface area contributed by atoms with Gasteiger partial charge in [-0.2, -0.15) is 11.8 Å². The zero-order valence-electron chi connectivity index (χ0n) is 14.1. The van der Waals surface area contributed by atoms with Crippen molar-refractivity contribution in [2.24, 2.45) is 5.73 Å². The number of amides is 2. The van der Waals surface area contributed by atoms with Crippen molar-refractivity contribution in [2.45, 2.75) is 25.3 Å². The van der Waals surface area contributed by atoms with Gasteiger partial charge in [0.2, 0.25) is 11.8 Å². The summed E-state index contributed by atoms with van der Waals surface area (Å²) in [6.07, 6.45) is 2.30. The van der Waals surface area contributed by atoms with Crippen molar-refractivity contribution in [3.8, 4) is 11.5 Å². The molecule has 6 nitrogen and oxygen atoms in total. The maximum absolute atomic E-state index is 12.5. The molecule has 2 amide bonds. The number of hydrogen-bond acceptors (Lipinski definition) is 5. The number of nitrogens with two attached hydrogens (primary N) is 1. The summed E-state index contributed by atoms with van der Waals surface area (Å²) in [5, 5.41) is 0. The quantitative estimate of drug-likeness (QED) is 0.724. The molecule has 1 fully saturated rings. The number of primary amides is 1. The molecule has 24 heavy (non-hydrogen) atoms. The molecule has 0 spiro atoms. The van der Waals surface area contributed by atoms with Crippen LogP contribution in [0.1, 0.15) is 30.9 Å². The molecule has 1 aliphatic heterocycles. The Morgan fingerprint density at radius 1 is 1.33 bits per heavy atom. The van der Waals surface area contributed by atoms with Crippen molar-refractivity contribution in [1.82, 2.24) is 4.90 Å². The van der Waals surface area contributed by atoms with Gasteiger partial charge >= 0.3 is 0 Å². The van der Waals surface area contributed by atoms with E-state index < -0.39 is 0 Å². The van der Waals surface area contributed by atoms with Gasteiger partial charge in [0, 0.05) is 30.3 Å². The number of likely N-dealkylation sites (tertiary alicyclic amines) is 1. The highest BCUT2D eigenvalue weighted by Crippen LogP contribution is 2.39. The van der Waals surface area contributed by atoms with E-state index >= 15 is 0 Å². The molecule has 1 aromatic rings. The second-order valence-corrected chi connectivity index (χ2v) is 6.73. The average molecular weight is 352 g/mol. The minimum atomic E-state index is -0.352. The van der Waals surface area contributed by atoms with Gasteiger partial charge in [-0.3, -0.25) is 9.59 Å². The summed E-state index contributed by atoms with van der Waals surface area (Å²) >= 11 is 1.39. The first-order valence-electron chi connectivity index (χ1n) is 7.94. The summed E-state index contributed by atoms with van der Waals surface area (Å²) in [5.41, 5.74) is 6.11. The molecule has 2 rings (SSSR count). The topological polar surface area (TPSA) is 81.9 Å². The number of hydrogen-bond donors (Lipinski definition) is 1. The van der Waals surface area contributed by atoms with E-state index in [0.29, 0.717) is 12.2 Å². The maximum atomic E-state index is 12.5. The summed E-state index contributed by atoms with van der Waals surface area (Å²) in [5.74, 6) is 2.08. The second-order valence-electron chi connectivity index (χ2n) is 5.62. The number of nitrogens with zero attached hydrogens (tertiary/aromatic N) is 1. The molecule has 0 radical (unpaired) electrons. The molecule has 0 aliphatic carbocycles. The van der Waals surface area contributed by atoms with Crippen LogP contribution in [0.5, 0.6) is 11.5 Å².